The van der Waals surface area contributed by atoms with Gasteiger partial charge in [0.25, 0.3) is 0 Å². The summed E-state index contributed by atoms with van der Waals surface area (Å²) in [6.45, 7) is 9.65. The van der Waals surface area contributed by atoms with E-state index in [9.17, 15) is 0 Å². The number of likely N-dealkylation sites (N-methyl/N-ethyl adjacent to an activating group) is 1. The Morgan fingerprint density at radius 3 is 2.27 bits per heavy atom. The molecule has 0 aromatic rings. The Balaban J connectivity index is 1.61. The van der Waals surface area contributed by atoms with Crippen molar-refractivity contribution in [3.63, 3.8) is 0 Å². The summed E-state index contributed by atoms with van der Waals surface area (Å²) in [6, 6.07) is 0.428. The largest absolute Gasteiger partial charge is 0.326 e. The Hall–Kier alpha value is -0.160. The van der Waals surface area contributed by atoms with E-state index in [2.05, 4.69) is 21.7 Å². The number of hydrogen-bond acceptors (Lipinski definition) is 4. The predicted octanol–water partition coefficient (Wildman–Crippen LogP) is -0.733. The Morgan fingerprint density at radius 2 is 1.67 bits per heavy atom. The zero-order valence-electron chi connectivity index (χ0n) is 9.86. The van der Waals surface area contributed by atoms with Gasteiger partial charge in [0.1, 0.15) is 0 Å². The van der Waals surface area contributed by atoms with E-state index in [-0.39, 0.29) is 0 Å². The van der Waals surface area contributed by atoms with Crippen LogP contribution in [0, 0.1) is 0 Å². The van der Waals surface area contributed by atoms with Crippen molar-refractivity contribution in [1.29, 1.82) is 0 Å². The Bertz CT molecular complexity index is 189. The fourth-order valence-electron chi connectivity index (χ4n) is 2.42. The third kappa shape index (κ3) is 3.41. The summed E-state index contributed by atoms with van der Waals surface area (Å²) in [6.07, 6.45) is 1.18. The quantitative estimate of drug-likeness (QED) is 0.669. The van der Waals surface area contributed by atoms with Crippen molar-refractivity contribution in [2.75, 3.05) is 59.4 Å². The van der Waals surface area contributed by atoms with Gasteiger partial charge in [0.15, 0.2) is 0 Å². The van der Waals surface area contributed by atoms with Gasteiger partial charge < -0.3 is 15.5 Å². The summed E-state index contributed by atoms with van der Waals surface area (Å²) in [5.74, 6) is 0. The minimum atomic E-state index is 0.428. The molecule has 2 aliphatic heterocycles. The fraction of sp³-hybridized carbons (Fsp3) is 1.00. The van der Waals surface area contributed by atoms with Crippen LogP contribution in [-0.2, 0) is 0 Å². The number of likely N-dealkylation sites (tertiary alicyclic amines) is 1. The van der Waals surface area contributed by atoms with E-state index in [1.54, 1.807) is 0 Å². The van der Waals surface area contributed by atoms with Crippen LogP contribution in [0.4, 0.5) is 0 Å². The lowest BCUT2D eigenvalue weighted by atomic mass is 10.3. The molecule has 0 aliphatic carbocycles. The molecule has 0 saturated carbocycles. The molecule has 2 saturated heterocycles. The molecular formula is C11H24N4. The topological polar surface area (TPSA) is 35.7 Å². The van der Waals surface area contributed by atoms with E-state index < -0.39 is 0 Å². The van der Waals surface area contributed by atoms with Gasteiger partial charge in [0, 0.05) is 51.9 Å². The lowest BCUT2D eigenvalue weighted by Gasteiger charge is -2.33. The van der Waals surface area contributed by atoms with Crippen LogP contribution in [-0.4, -0.2) is 80.1 Å². The van der Waals surface area contributed by atoms with E-state index in [1.807, 2.05) is 0 Å². The standard InChI is InChI=1S/C11H24N4/c1-13-4-6-14(7-5-13)8-9-15-3-2-11(12)10-15/h11H,2-10,12H2,1H3. The van der Waals surface area contributed by atoms with E-state index in [1.165, 1.54) is 52.2 Å². The first-order valence-corrected chi connectivity index (χ1v) is 6.13. The van der Waals surface area contributed by atoms with Gasteiger partial charge in [-0.15, -0.1) is 0 Å². The summed E-state index contributed by atoms with van der Waals surface area (Å²) in [5.41, 5.74) is 5.89. The van der Waals surface area contributed by atoms with Crippen LogP contribution < -0.4 is 5.73 Å². The van der Waals surface area contributed by atoms with Crippen molar-refractivity contribution >= 4 is 0 Å². The molecule has 2 aliphatic rings. The number of rotatable bonds is 3. The first kappa shape index (κ1) is 11.3. The summed E-state index contributed by atoms with van der Waals surface area (Å²) < 4.78 is 0. The third-order valence-corrected chi connectivity index (χ3v) is 3.64. The molecule has 0 radical (unpaired) electrons. The molecule has 2 rings (SSSR count). The molecule has 0 spiro atoms. The van der Waals surface area contributed by atoms with Crippen molar-refractivity contribution in [2.45, 2.75) is 12.5 Å². The molecule has 1 unspecified atom stereocenters. The van der Waals surface area contributed by atoms with E-state index in [0.29, 0.717) is 6.04 Å². The lowest BCUT2D eigenvalue weighted by Crippen LogP contribution is -2.46. The normalized spacial score (nSPS) is 31.2. The summed E-state index contributed by atoms with van der Waals surface area (Å²) in [4.78, 5) is 7.48. The summed E-state index contributed by atoms with van der Waals surface area (Å²) in [5, 5.41) is 0. The zero-order chi connectivity index (χ0) is 10.7. The van der Waals surface area contributed by atoms with Crippen LogP contribution in [0.15, 0.2) is 0 Å². The molecule has 0 aromatic heterocycles. The maximum Gasteiger partial charge on any atom is 0.0180 e. The first-order chi connectivity index (χ1) is 7.24. The monoisotopic (exact) mass is 212 g/mol. The van der Waals surface area contributed by atoms with E-state index >= 15 is 0 Å². The Kier molecular flexibility index (Phi) is 3.97. The molecule has 88 valence electrons. The van der Waals surface area contributed by atoms with Crippen LogP contribution in [0.3, 0.4) is 0 Å². The summed E-state index contributed by atoms with van der Waals surface area (Å²) >= 11 is 0. The van der Waals surface area contributed by atoms with Gasteiger partial charge in [-0.25, -0.2) is 0 Å². The van der Waals surface area contributed by atoms with Gasteiger partial charge in [-0.05, 0) is 20.0 Å². The van der Waals surface area contributed by atoms with Gasteiger partial charge in [-0.1, -0.05) is 0 Å². The van der Waals surface area contributed by atoms with Gasteiger partial charge in [0.2, 0.25) is 0 Å². The molecule has 4 nitrogen and oxygen atoms in total. The SMILES string of the molecule is CN1CCN(CCN2CCC(N)C2)CC1. The fourth-order valence-corrected chi connectivity index (χ4v) is 2.42. The third-order valence-electron chi connectivity index (χ3n) is 3.64. The number of nitrogens with zero attached hydrogens (tertiary/aromatic N) is 3. The van der Waals surface area contributed by atoms with Crippen molar-refractivity contribution < 1.29 is 0 Å². The van der Waals surface area contributed by atoms with Crippen LogP contribution >= 0.6 is 0 Å². The van der Waals surface area contributed by atoms with E-state index in [4.69, 9.17) is 5.73 Å². The maximum atomic E-state index is 5.89. The molecule has 0 bridgehead atoms. The molecular weight excluding hydrogens is 188 g/mol. The van der Waals surface area contributed by atoms with Crippen molar-refractivity contribution in [3.05, 3.63) is 0 Å². The van der Waals surface area contributed by atoms with Crippen LogP contribution in [0.1, 0.15) is 6.42 Å². The second-order valence-corrected chi connectivity index (χ2v) is 4.99. The lowest BCUT2D eigenvalue weighted by molar-refractivity contribution is 0.140. The van der Waals surface area contributed by atoms with Crippen LogP contribution in [0.25, 0.3) is 0 Å². The zero-order valence-corrected chi connectivity index (χ0v) is 9.86. The van der Waals surface area contributed by atoms with Gasteiger partial charge in [-0.2, -0.15) is 0 Å². The predicted molar refractivity (Wildman–Crippen MR) is 63.0 cm³/mol. The summed E-state index contributed by atoms with van der Waals surface area (Å²) in [7, 11) is 2.21. The van der Waals surface area contributed by atoms with Crippen molar-refractivity contribution in [2.24, 2.45) is 5.73 Å². The highest BCUT2D eigenvalue weighted by molar-refractivity contribution is 4.79. The van der Waals surface area contributed by atoms with Crippen molar-refractivity contribution in [1.82, 2.24) is 14.7 Å². The molecule has 2 fully saturated rings. The Morgan fingerprint density at radius 1 is 1.00 bits per heavy atom. The van der Waals surface area contributed by atoms with Crippen LogP contribution in [0.2, 0.25) is 0 Å². The molecule has 0 amide bonds. The molecule has 4 heteroatoms. The first-order valence-electron chi connectivity index (χ1n) is 6.13. The minimum absolute atomic E-state index is 0.428. The van der Waals surface area contributed by atoms with Gasteiger partial charge in [0.05, 0.1) is 0 Å². The number of hydrogen-bond donors (Lipinski definition) is 1. The molecule has 1 atom stereocenters. The highest BCUT2D eigenvalue weighted by Crippen LogP contribution is 2.07. The van der Waals surface area contributed by atoms with Gasteiger partial charge >= 0.3 is 0 Å². The highest BCUT2D eigenvalue weighted by atomic mass is 15.3. The number of piperazine rings is 1. The number of nitrogens with two attached hydrogens (primary N) is 1. The second-order valence-electron chi connectivity index (χ2n) is 4.99. The van der Waals surface area contributed by atoms with Gasteiger partial charge in [-0.3, -0.25) is 4.90 Å². The average Bonchev–Trinajstić information content (AvgIpc) is 2.64. The molecule has 2 N–H and O–H groups in total. The molecule has 15 heavy (non-hydrogen) atoms. The van der Waals surface area contributed by atoms with Crippen molar-refractivity contribution in [3.8, 4) is 0 Å². The average molecular weight is 212 g/mol. The minimum Gasteiger partial charge on any atom is -0.326 e. The van der Waals surface area contributed by atoms with Crippen LogP contribution in [0.5, 0.6) is 0 Å². The molecule has 2 heterocycles. The highest BCUT2D eigenvalue weighted by Gasteiger charge is 2.20. The maximum absolute atomic E-state index is 5.89. The second kappa shape index (κ2) is 5.25. The smallest absolute Gasteiger partial charge is 0.0180 e. The molecule has 0 aromatic carbocycles. The van der Waals surface area contributed by atoms with E-state index in [0.717, 1.165) is 6.54 Å². The Labute approximate surface area is 93.0 Å².